The number of aliphatic imine (C=N–C) groups is 1. The lowest BCUT2D eigenvalue weighted by Crippen LogP contribution is -2.33. The molecular weight excluding hydrogens is 422 g/mol. The van der Waals surface area contributed by atoms with Gasteiger partial charge in [0.25, 0.3) is 0 Å². The zero-order chi connectivity index (χ0) is 22.3. The molecule has 0 aromatic heterocycles. The van der Waals surface area contributed by atoms with Crippen LogP contribution in [-0.4, -0.2) is 34.2 Å². The summed E-state index contributed by atoms with van der Waals surface area (Å²) in [6.45, 7) is 0.401. The number of carbonyl (C=O) groups is 2. The second-order valence-electron chi connectivity index (χ2n) is 7.23. The minimum absolute atomic E-state index is 0.0747. The molecule has 1 aliphatic rings. The Morgan fingerprint density at radius 1 is 1.00 bits per heavy atom. The molecule has 3 aromatic rings. The molecule has 7 heteroatoms. The second kappa shape index (κ2) is 10.2. The second-order valence-corrected chi connectivity index (χ2v) is 8.40. The molecule has 0 saturated carbocycles. The summed E-state index contributed by atoms with van der Waals surface area (Å²) < 4.78 is 5.20. The van der Waals surface area contributed by atoms with Crippen LogP contribution >= 0.6 is 11.8 Å². The normalized spacial score (nSPS) is 16.9. The molecule has 1 saturated heterocycles. The van der Waals surface area contributed by atoms with Crippen LogP contribution in [0, 0.1) is 0 Å². The lowest BCUT2D eigenvalue weighted by Gasteiger charge is -2.16. The number of thioether (sulfide) groups is 1. The van der Waals surface area contributed by atoms with Crippen molar-refractivity contribution in [2.24, 2.45) is 4.99 Å². The molecule has 1 fully saturated rings. The summed E-state index contributed by atoms with van der Waals surface area (Å²) in [4.78, 5) is 32.1. The van der Waals surface area contributed by atoms with Crippen molar-refractivity contribution >= 4 is 40.1 Å². The van der Waals surface area contributed by atoms with Gasteiger partial charge in [-0.2, -0.15) is 0 Å². The number of amides is 2. The summed E-state index contributed by atoms with van der Waals surface area (Å²) in [6, 6.07) is 26.3. The summed E-state index contributed by atoms with van der Waals surface area (Å²) >= 11 is 1.32. The van der Waals surface area contributed by atoms with E-state index >= 15 is 0 Å². The van der Waals surface area contributed by atoms with Crippen molar-refractivity contribution in [1.29, 1.82) is 0 Å². The Hall–Kier alpha value is -3.58. The minimum Gasteiger partial charge on any atom is -0.497 e. The number of hydrogen-bond donors (Lipinski definition) is 1. The molecule has 0 bridgehead atoms. The monoisotopic (exact) mass is 445 g/mol. The smallest absolute Gasteiger partial charge is 0.242 e. The van der Waals surface area contributed by atoms with Crippen molar-refractivity contribution in [3.8, 4) is 5.75 Å². The summed E-state index contributed by atoms with van der Waals surface area (Å²) in [6.07, 6.45) is 0.0747. The van der Waals surface area contributed by atoms with Crippen molar-refractivity contribution < 1.29 is 14.3 Å². The van der Waals surface area contributed by atoms with Crippen LogP contribution in [0.15, 0.2) is 89.9 Å². The maximum Gasteiger partial charge on any atom is 0.242 e. The molecule has 6 nitrogen and oxygen atoms in total. The first-order chi connectivity index (χ1) is 15.6. The van der Waals surface area contributed by atoms with Gasteiger partial charge in [-0.3, -0.25) is 14.5 Å². The fraction of sp³-hybridized carbons (Fsp3) is 0.160. The first kappa shape index (κ1) is 21.6. The molecule has 3 aromatic carbocycles. The SMILES string of the molecule is COc1ccc(N=C2S[C@H](CC(=O)Nc3ccccc3)C(=O)N2Cc2ccccc2)cc1. The number of nitrogens with one attached hydrogen (secondary N) is 1. The molecular formula is C25H23N3O3S. The Balaban J connectivity index is 1.54. The number of para-hydroxylation sites is 1. The van der Waals surface area contributed by atoms with E-state index in [0.717, 1.165) is 11.3 Å². The van der Waals surface area contributed by atoms with Crippen molar-refractivity contribution in [3.05, 3.63) is 90.5 Å². The number of anilines is 1. The molecule has 2 amide bonds. The van der Waals surface area contributed by atoms with Crippen molar-refractivity contribution in [2.75, 3.05) is 12.4 Å². The van der Waals surface area contributed by atoms with Gasteiger partial charge in [-0.1, -0.05) is 60.3 Å². The van der Waals surface area contributed by atoms with Crippen LogP contribution in [0.3, 0.4) is 0 Å². The molecule has 0 unspecified atom stereocenters. The van der Waals surface area contributed by atoms with Crippen molar-refractivity contribution in [2.45, 2.75) is 18.2 Å². The van der Waals surface area contributed by atoms with Gasteiger partial charge >= 0.3 is 0 Å². The Kier molecular flexibility index (Phi) is 6.87. The maximum absolute atomic E-state index is 13.2. The number of hydrogen-bond acceptors (Lipinski definition) is 5. The fourth-order valence-corrected chi connectivity index (χ4v) is 4.46. The highest BCUT2D eigenvalue weighted by atomic mass is 32.2. The third-order valence-electron chi connectivity index (χ3n) is 4.93. The lowest BCUT2D eigenvalue weighted by molar-refractivity contribution is -0.128. The van der Waals surface area contributed by atoms with E-state index in [2.05, 4.69) is 5.32 Å². The molecule has 32 heavy (non-hydrogen) atoms. The number of benzene rings is 3. The summed E-state index contributed by atoms with van der Waals surface area (Å²) in [5.41, 5.74) is 2.42. The summed E-state index contributed by atoms with van der Waals surface area (Å²) in [7, 11) is 1.61. The van der Waals surface area contributed by atoms with Gasteiger partial charge in [-0.25, -0.2) is 4.99 Å². The van der Waals surface area contributed by atoms with E-state index < -0.39 is 5.25 Å². The van der Waals surface area contributed by atoms with Gasteiger partial charge in [-0.15, -0.1) is 0 Å². The predicted octanol–water partition coefficient (Wildman–Crippen LogP) is 4.86. The number of rotatable bonds is 7. The topological polar surface area (TPSA) is 71.0 Å². The van der Waals surface area contributed by atoms with E-state index in [-0.39, 0.29) is 18.2 Å². The van der Waals surface area contributed by atoms with E-state index in [9.17, 15) is 9.59 Å². The quantitative estimate of drug-likeness (QED) is 0.564. The zero-order valence-electron chi connectivity index (χ0n) is 17.6. The summed E-state index contributed by atoms with van der Waals surface area (Å²) in [5, 5.41) is 2.91. The van der Waals surface area contributed by atoms with E-state index in [0.29, 0.717) is 23.1 Å². The molecule has 1 atom stereocenters. The first-order valence-corrected chi connectivity index (χ1v) is 11.1. The summed E-state index contributed by atoms with van der Waals surface area (Å²) in [5.74, 6) is 0.419. The third kappa shape index (κ3) is 5.36. The molecule has 1 N–H and O–H groups in total. The lowest BCUT2D eigenvalue weighted by atomic mass is 10.2. The van der Waals surface area contributed by atoms with Gasteiger partial charge in [0.1, 0.15) is 11.0 Å². The Bertz CT molecular complexity index is 1100. The average molecular weight is 446 g/mol. The Labute approximate surface area is 191 Å². The maximum atomic E-state index is 13.2. The predicted molar refractivity (Wildman–Crippen MR) is 128 cm³/mol. The van der Waals surface area contributed by atoms with Crippen LogP contribution in [0.25, 0.3) is 0 Å². The Morgan fingerprint density at radius 3 is 2.31 bits per heavy atom. The zero-order valence-corrected chi connectivity index (χ0v) is 18.4. The van der Waals surface area contributed by atoms with Gasteiger partial charge in [0.15, 0.2) is 5.17 Å². The number of ether oxygens (including phenoxy) is 1. The third-order valence-corrected chi connectivity index (χ3v) is 6.10. The van der Waals surface area contributed by atoms with E-state index in [1.807, 2.05) is 84.9 Å². The molecule has 0 aliphatic carbocycles. The highest BCUT2D eigenvalue weighted by molar-refractivity contribution is 8.15. The highest BCUT2D eigenvalue weighted by Crippen LogP contribution is 2.33. The van der Waals surface area contributed by atoms with Crippen LogP contribution in [0.1, 0.15) is 12.0 Å². The first-order valence-electron chi connectivity index (χ1n) is 10.2. The van der Waals surface area contributed by atoms with Crippen LogP contribution in [-0.2, 0) is 16.1 Å². The molecule has 4 rings (SSSR count). The molecule has 1 heterocycles. The number of amidine groups is 1. The van der Waals surface area contributed by atoms with Crippen LogP contribution in [0.5, 0.6) is 5.75 Å². The van der Waals surface area contributed by atoms with E-state index in [1.54, 1.807) is 12.0 Å². The highest BCUT2D eigenvalue weighted by Gasteiger charge is 2.39. The fourth-order valence-electron chi connectivity index (χ4n) is 3.31. The van der Waals surface area contributed by atoms with Crippen LogP contribution in [0.2, 0.25) is 0 Å². The minimum atomic E-state index is -0.528. The number of nitrogens with zero attached hydrogens (tertiary/aromatic N) is 2. The molecule has 162 valence electrons. The molecule has 0 spiro atoms. The van der Waals surface area contributed by atoms with Crippen LogP contribution in [0.4, 0.5) is 11.4 Å². The van der Waals surface area contributed by atoms with E-state index in [4.69, 9.17) is 9.73 Å². The van der Waals surface area contributed by atoms with Gasteiger partial charge in [0.2, 0.25) is 11.8 Å². The number of methoxy groups -OCH3 is 1. The van der Waals surface area contributed by atoms with Crippen molar-refractivity contribution in [1.82, 2.24) is 4.90 Å². The Morgan fingerprint density at radius 2 is 1.66 bits per heavy atom. The van der Waals surface area contributed by atoms with Crippen LogP contribution < -0.4 is 10.1 Å². The van der Waals surface area contributed by atoms with E-state index in [1.165, 1.54) is 11.8 Å². The number of carbonyl (C=O) groups excluding carboxylic acids is 2. The van der Waals surface area contributed by atoms with Crippen molar-refractivity contribution in [3.63, 3.8) is 0 Å². The van der Waals surface area contributed by atoms with Gasteiger partial charge in [0.05, 0.1) is 19.3 Å². The molecule has 1 aliphatic heterocycles. The van der Waals surface area contributed by atoms with Gasteiger partial charge < -0.3 is 10.1 Å². The largest absolute Gasteiger partial charge is 0.497 e. The molecule has 0 radical (unpaired) electrons. The van der Waals surface area contributed by atoms with Gasteiger partial charge in [-0.05, 0) is 42.0 Å². The average Bonchev–Trinajstić information content (AvgIpc) is 3.09. The van der Waals surface area contributed by atoms with Gasteiger partial charge in [0, 0.05) is 12.1 Å². The standard InChI is InChI=1S/C25H23N3O3S/c1-31-21-14-12-20(13-15-21)27-25-28(17-18-8-4-2-5-9-18)24(30)22(32-25)16-23(29)26-19-10-6-3-7-11-19/h2-15,22H,16-17H2,1H3,(H,26,29)/t22-/m1/s1.